The summed E-state index contributed by atoms with van der Waals surface area (Å²) in [6.07, 6.45) is 3.29. The number of carbonyl (C=O) groups is 3. The van der Waals surface area contributed by atoms with Gasteiger partial charge in [0.1, 0.15) is 18.1 Å². The molecule has 0 unspecified atom stereocenters. The van der Waals surface area contributed by atoms with E-state index < -0.39 is 17.8 Å². The Morgan fingerprint density at radius 2 is 1.83 bits per heavy atom. The zero-order valence-corrected chi connectivity index (χ0v) is 15.3. The smallest absolute Gasteiger partial charge is 0.329 e. The Balaban J connectivity index is 1.65. The number of carbonyl (C=O) groups excluding carboxylic acids is 3. The van der Waals surface area contributed by atoms with Gasteiger partial charge in [0, 0.05) is 22.7 Å². The molecule has 3 N–H and O–H groups in total. The van der Waals surface area contributed by atoms with Crippen molar-refractivity contribution in [3.05, 3.63) is 77.4 Å². The van der Waals surface area contributed by atoms with Gasteiger partial charge in [0.15, 0.2) is 0 Å². The van der Waals surface area contributed by atoms with Crippen molar-refractivity contribution in [2.24, 2.45) is 5.73 Å². The van der Waals surface area contributed by atoms with Gasteiger partial charge < -0.3 is 15.6 Å². The number of halogens is 1. The minimum atomic E-state index is -0.550. The summed E-state index contributed by atoms with van der Waals surface area (Å²) in [6.45, 7) is 0.0341. The molecule has 1 aromatic heterocycles. The molecule has 29 heavy (non-hydrogen) atoms. The summed E-state index contributed by atoms with van der Waals surface area (Å²) in [6, 6.07) is 12.4. The summed E-state index contributed by atoms with van der Waals surface area (Å²) in [4.78, 5) is 37.4. The third-order valence-electron chi connectivity index (χ3n) is 4.66. The van der Waals surface area contributed by atoms with Gasteiger partial charge in [-0.15, -0.1) is 0 Å². The van der Waals surface area contributed by atoms with E-state index in [-0.39, 0.29) is 24.6 Å². The van der Waals surface area contributed by atoms with Crippen molar-refractivity contribution >= 4 is 34.8 Å². The van der Waals surface area contributed by atoms with Crippen LogP contribution in [0.3, 0.4) is 0 Å². The average molecular weight is 392 g/mol. The highest BCUT2D eigenvalue weighted by Gasteiger charge is 2.33. The molecular weight excluding hydrogens is 375 g/mol. The fraction of sp³-hybridized carbons (Fsp3) is 0.0952. The number of amides is 4. The molecule has 0 radical (unpaired) electrons. The van der Waals surface area contributed by atoms with E-state index in [0.717, 1.165) is 15.8 Å². The SMILES string of the molecule is NC(=O)Cn1cc(/C=C2\NC(=O)N(Cc3ccc(F)cc3)C2=O)c2ccccc21. The summed E-state index contributed by atoms with van der Waals surface area (Å²) < 4.78 is 14.8. The maximum Gasteiger partial charge on any atom is 0.329 e. The Labute approximate surface area is 165 Å². The molecule has 1 aliphatic rings. The summed E-state index contributed by atoms with van der Waals surface area (Å²) >= 11 is 0. The van der Waals surface area contributed by atoms with Crippen molar-refractivity contribution in [1.82, 2.24) is 14.8 Å². The number of primary amides is 1. The van der Waals surface area contributed by atoms with Crippen LogP contribution >= 0.6 is 0 Å². The minimum absolute atomic E-state index is 0.000679. The molecule has 0 atom stereocenters. The summed E-state index contributed by atoms with van der Waals surface area (Å²) in [5.41, 5.74) is 7.54. The maximum absolute atomic E-state index is 13.1. The number of aromatic nitrogens is 1. The Kier molecular flexibility index (Phi) is 4.59. The van der Waals surface area contributed by atoms with Crippen LogP contribution in [-0.4, -0.2) is 27.3 Å². The second-order valence-electron chi connectivity index (χ2n) is 6.70. The molecular formula is C21H17FN4O3. The van der Waals surface area contributed by atoms with Crippen LogP contribution in [0.15, 0.2) is 60.4 Å². The number of para-hydroxylation sites is 1. The highest BCUT2D eigenvalue weighted by atomic mass is 19.1. The molecule has 7 nitrogen and oxygen atoms in total. The lowest BCUT2D eigenvalue weighted by atomic mass is 10.1. The van der Waals surface area contributed by atoms with Crippen molar-refractivity contribution < 1.29 is 18.8 Å². The second-order valence-corrected chi connectivity index (χ2v) is 6.70. The topological polar surface area (TPSA) is 97.4 Å². The number of hydrogen-bond acceptors (Lipinski definition) is 3. The number of imide groups is 1. The number of nitrogens with one attached hydrogen (secondary N) is 1. The van der Waals surface area contributed by atoms with Crippen LogP contribution in [0.4, 0.5) is 9.18 Å². The first-order valence-corrected chi connectivity index (χ1v) is 8.87. The standard InChI is InChI=1S/C21H17FN4O3/c22-15-7-5-13(6-8-15)10-26-20(28)17(24-21(26)29)9-14-11-25(12-19(23)27)18-4-2-1-3-16(14)18/h1-9,11H,10,12H2,(H2,23,27)(H,24,29)/b17-9-. The molecule has 0 spiro atoms. The highest BCUT2D eigenvalue weighted by molar-refractivity contribution is 6.14. The normalized spacial score (nSPS) is 15.3. The minimum Gasteiger partial charge on any atom is -0.368 e. The van der Waals surface area contributed by atoms with Gasteiger partial charge in [0.2, 0.25) is 5.91 Å². The maximum atomic E-state index is 13.1. The predicted octanol–water partition coefficient (Wildman–Crippen LogP) is 2.36. The molecule has 146 valence electrons. The van der Waals surface area contributed by atoms with E-state index in [1.807, 2.05) is 24.3 Å². The van der Waals surface area contributed by atoms with Crippen molar-refractivity contribution in [3.8, 4) is 0 Å². The molecule has 3 aromatic rings. The van der Waals surface area contributed by atoms with E-state index in [0.29, 0.717) is 11.1 Å². The van der Waals surface area contributed by atoms with Gasteiger partial charge in [-0.05, 0) is 29.8 Å². The van der Waals surface area contributed by atoms with Crippen LogP contribution in [0.25, 0.3) is 17.0 Å². The molecule has 1 saturated heterocycles. The van der Waals surface area contributed by atoms with Crippen LogP contribution in [0.2, 0.25) is 0 Å². The van der Waals surface area contributed by atoms with Gasteiger partial charge in [-0.2, -0.15) is 0 Å². The van der Waals surface area contributed by atoms with Gasteiger partial charge in [-0.3, -0.25) is 14.5 Å². The molecule has 8 heteroatoms. The molecule has 2 aromatic carbocycles. The highest BCUT2D eigenvalue weighted by Crippen LogP contribution is 2.25. The zero-order chi connectivity index (χ0) is 20.5. The predicted molar refractivity (Wildman–Crippen MR) is 105 cm³/mol. The van der Waals surface area contributed by atoms with Crippen molar-refractivity contribution in [1.29, 1.82) is 0 Å². The Morgan fingerprint density at radius 1 is 1.10 bits per heavy atom. The summed E-state index contributed by atoms with van der Waals surface area (Å²) in [5.74, 6) is -1.36. The number of urea groups is 1. The number of rotatable bonds is 5. The lowest BCUT2D eigenvalue weighted by molar-refractivity contribution is -0.123. The van der Waals surface area contributed by atoms with Crippen LogP contribution in [0, 0.1) is 5.82 Å². The average Bonchev–Trinajstić information content (AvgIpc) is 3.16. The van der Waals surface area contributed by atoms with Crippen LogP contribution in [0.5, 0.6) is 0 Å². The number of nitrogens with two attached hydrogens (primary N) is 1. The van der Waals surface area contributed by atoms with Gasteiger partial charge in [-0.1, -0.05) is 30.3 Å². The Bertz CT molecular complexity index is 1160. The number of nitrogens with zero attached hydrogens (tertiary/aromatic N) is 2. The molecule has 2 heterocycles. The fourth-order valence-electron chi connectivity index (χ4n) is 3.33. The van der Waals surface area contributed by atoms with Gasteiger partial charge in [0.25, 0.3) is 5.91 Å². The van der Waals surface area contributed by atoms with E-state index in [1.54, 1.807) is 16.8 Å². The fourth-order valence-corrected chi connectivity index (χ4v) is 3.33. The molecule has 4 rings (SSSR count). The van der Waals surface area contributed by atoms with E-state index in [4.69, 9.17) is 5.73 Å². The van der Waals surface area contributed by atoms with Crippen LogP contribution < -0.4 is 11.1 Å². The number of hydrogen-bond donors (Lipinski definition) is 2. The second kappa shape index (κ2) is 7.23. The molecule has 4 amide bonds. The molecule has 0 aliphatic carbocycles. The first-order valence-electron chi connectivity index (χ1n) is 8.87. The van der Waals surface area contributed by atoms with Crippen molar-refractivity contribution in [3.63, 3.8) is 0 Å². The lowest BCUT2D eigenvalue weighted by Crippen LogP contribution is -2.30. The van der Waals surface area contributed by atoms with Crippen LogP contribution in [-0.2, 0) is 22.7 Å². The van der Waals surface area contributed by atoms with Gasteiger partial charge >= 0.3 is 6.03 Å². The van der Waals surface area contributed by atoms with Gasteiger partial charge in [0.05, 0.1) is 6.54 Å². The third-order valence-corrected chi connectivity index (χ3v) is 4.66. The van der Waals surface area contributed by atoms with E-state index in [9.17, 15) is 18.8 Å². The van der Waals surface area contributed by atoms with Crippen LogP contribution in [0.1, 0.15) is 11.1 Å². The van der Waals surface area contributed by atoms with Crippen molar-refractivity contribution in [2.45, 2.75) is 13.1 Å². The zero-order valence-electron chi connectivity index (χ0n) is 15.3. The quantitative estimate of drug-likeness (QED) is 0.515. The molecule has 0 bridgehead atoms. The molecule has 1 aliphatic heterocycles. The number of fused-ring (bicyclic) bond motifs is 1. The first-order chi connectivity index (χ1) is 13.9. The number of benzene rings is 2. The first kappa shape index (κ1) is 18.4. The summed E-state index contributed by atoms with van der Waals surface area (Å²) in [5, 5.41) is 3.39. The van der Waals surface area contributed by atoms with Gasteiger partial charge in [-0.25, -0.2) is 9.18 Å². The Hall–Kier alpha value is -3.94. The van der Waals surface area contributed by atoms with E-state index in [1.165, 1.54) is 24.3 Å². The van der Waals surface area contributed by atoms with E-state index in [2.05, 4.69) is 5.32 Å². The Morgan fingerprint density at radius 3 is 2.55 bits per heavy atom. The van der Waals surface area contributed by atoms with Crippen molar-refractivity contribution in [2.75, 3.05) is 0 Å². The third kappa shape index (κ3) is 3.60. The largest absolute Gasteiger partial charge is 0.368 e. The monoisotopic (exact) mass is 392 g/mol. The summed E-state index contributed by atoms with van der Waals surface area (Å²) in [7, 11) is 0. The molecule has 0 saturated carbocycles. The molecule has 1 fully saturated rings. The van der Waals surface area contributed by atoms with E-state index >= 15 is 0 Å². The lowest BCUT2D eigenvalue weighted by Gasteiger charge is -2.11.